The molecule has 0 saturated heterocycles. The Kier molecular flexibility index (Phi) is 3.76. The van der Waals surface area contributed by atoms with E-state index in [4.69, 9.17) is 27.9 Å². The van der Waals surface area contributed by atoms with E-state index in [-0.39, 0.29) is 15.8 Å². The number of hydrogen-bond acceptors (Lipinski definition) is 4. The zero-order valence-corrected chi connectivity index (χ0v) is 13.3. The molecular weight excluding hydrogens is 325 g/mol. The lowest BCUT2D eigenvalue weighted by Gasteiger charge is -2.07. The van der Waals surface area contributed by atoms with Crippen molar-refractivity contribution in [3.8, 4) is 5.75 Å². The van der Waals surface area contributed by atoms with Gasteiger partial charge in [-0.05, 0) is 25.1 Å². The molecule has 0 fully saturated rings. The van der Waals surface area contributed by atoms with Crippen molar-refractivity contribution in [3.63, 3.8) is 0 Å². The van der Waals surface area contributed by atoms with Crippen LogP contribution in [0.1, 0.15) is 16.1 Å². The Morgan fingerprint density at radius 3 is 2.64 bits per heavy atom. The Hall–Kier alpha value is -2.11. The molecule has 0 N–H and O–H groups in total. The van der Waals surface area contributed by atoms with Crippen LogP contribution in [-0.2, 0) is 7.05 Å². The molecule has 0 aliphatic heterocycles. The van der Waals surface area contributed by atoms with Gasteiger partial charge in [-0.15, -0.1) is 0 Å². The normalized spacial score (nSPS) is 10.9. The summed E-state index contributed by atoms with van der Waals surface area (Å²) in [7, 11) is 1.80. The van der Waals surface area contributed by atoms with Crippen LogP contribution in [0.25, 0.3) is 11.0 Å². The average molecular weight is 336 g/mol. The summed E-state index contributed by atoms with van der Waals surface area (Å²) >= 11 is 12.0. The summed E-state index contributed by atoms with van der Waals surface area (Å²) in [4.78, 5) is 16.5. The summed E-state index contributed by atoms with van der Waals surface area (Å²) in [6.07, 6.45) is 1.44. The minimum Gasteiger partial charge on any atom is -0.420 e. The minimum atomic E-state index is -0.576. The fraction of sp³-hybridized carbons (Fsp3) is 0.133. The molecule has 7 heteroatoms. The maximum absolute atomic E-state index is 12.3. The van der Waals surface area contributed by atoms with E-state index in [1.807, 2.05) is 6.92 Å². The number of carbonyl (C=O) groups excluding carboxylic acids is 1. The molecule has 22 heavy (non-hydrogen) atoms. The van der Waals surface area contributed by atoms with E-state index in [0.717, 1.165) is 11.1 Å². The number of halogens is 2. The molecule has 2 heterocycles. The van der Waals surface area contributed by atoms with Crippen molar-refractivity contribution >= 4 is 40.2 Å². The second-order valence-corrected chi connectivity index (χ2v) is 5.56. The van der Waals surface area contributed by atoms with E-state index in [9.17, 15) is 4.79 Å². The number of aryl methyl sites for hydroxylation is 2. The van der Waals surface area contributed by atoms with Gasteiger partial charge in [0.25, 0.3) is 0 Å². The maximum atomic E-state index is 12.3. The number of para-hydroxylation sites is 1. The Balaban J connectivity index is 1.97. The fourth-order valence-electron chi connectivity index (χ4n) is 2.15. The van der Waals surface area contributed by atoms with Crippen molar-refractivity contribution in [3.05, 3.63) is 51.8 Å². The van der Waals surface area contributed by atoms with Crippen LogP contribution in [0.2, 0.25) is 10.0 Å². The molecule has 5 nitrogen and oxygen atoms in total. The molecule has 0 saturated carbocycles. The van der Waals surface area contributed by atoms with Gasteiger partial charge in [-0.1, -0.05) is 29.3 Å². The number of nitrogens with zero attached hydrogens (tertiary/aromatic N) is 3. The van der Waals surface area contributed by atoms with Gasteiger partial charge in [-0.2, -0.15) is 5.10 Å². The van der Waals surface area contributed by atoms with Crippen LogP contribution in [0.5, 0.6) is 5.75 Å². The number of benzene rings is 1. The van der Waals surface area contributed by atoms with Gasteiger partial charge in [0.05, 0.1) is 21.3 Å². The number of rotatable bonds is 2. The van der Waals surface area contributed by atoms with Gasteiger partial charge in [0.1, 0.15) is 0 Å². The summed E-state index contributed by atoms with van der Waals surface area (Å²) in [6, 6.07) is 6.57. The highest BCUT2D eigenvalue weighted by molar-refractivity contribution is 6.37. The predicted molar refractivity (Wildman–Crippen MR) is 84.7 cm³/mol. The first-order valence-electron chi connectivity index (χ1n) is 6.43. The van der Waals surface area contributed by atoms with Crippen molar-refractivity contribution in [2.45, 2.75) is 6.92 Å². The molecule has 0 spiro atoms. The lowest BCUT2D eigenvalue weighted by Crippen LogP contribution is -2.09. The Morgan fingerprint density at radius 1 is 1.27 bits per heavy atom. The molecule has 0 atom stereocenters. The molecule has 0 unspecified atom stereocenters. The standard InChI is InChI=1S/C15H11Cl2N3O2/c1-8-10-6-9(7-18-14(10)20(2)19-8)15(21)22-13-11(16)4-3-5-12(13)17/h3-7H,1-2H3. The highest BCUT2D eigenvalue weighted by Gasteiger charge is 2.16. The van der Waals surface area contributed by atoms with Gasteiger partial charge in [0, 0.05) is 18.6 Å². The third-order valence-electron chi connectivity index (χ3n) is 3.21. The van der Waals surface area contributed by atoms with Crippen molar-refractivity contribution in [1.29, 1.82) is 0 Å². The topological polar surface area (TPSA) is 57.0 Å². The third-order valence-corrected chi connectivity index (χ3v) is 3.81. The second kappa shape index (κ2) is 5.59. The zero-order chi connectivity index (χ0) is 15.9. The van der Waals surface area contributed by atoms with E-state index in [1.54, 1.807) is 36.0 Å². The minimum absolute atomic E-state index is 0.138. The number of fused-ring (bicyclic) bond motifs is 1. The second-order valence-electron chi connectivity index (χ2n) is 4.74. The van der Waals surface area contributed by atoms with E-state index in [1.165, 1.54) is 6.20 Å². The lowest BCUT2D eigenvalue weighted by atomic mass is 10.2. The number of aromatic nitrogens is 3. The van der Waals surface area contributed by atoms with Gasteiger partial charge in [0.15, 0.2) is 11.4 Å². The number of ether oxygens (including phenoxy) is 1. The van der Waals surface area contributed by atoms with Gasteiger partial charge >= 0.3 is 5.97 Å². The monoisotopic (exact) mass is 335 g/mol. The summed E-state index contributed by atoms with van der Waals surface area (Å²) in [5.41, 5.74) is 1.79. The van der Waals surface area contributed by atoms with Crippen molar-refractivity contribution in [2.75, 3.05) is 0 Å². The molecule has 0 aliphatic rings. The predicted octanol–water partition coefficient (Wildman–Crippen LogP) is 3.80. The number of hydrogen-bond donors (Lipinski definition) is 0. The molecule has 112 valence electrons. The van der Waals surface area contributed by atoms with Crippen molar-refractivity contribution in [2.24, 2.45) is 7.05 Å². The average Bonchev–Trinajstić information content (AvgIpc) is 2.77. The van der Waals surface area contributed by atoms with E-state index in [2.05, 4.69) is 10.1 Å². The highest BCUT2D eigenvalue weighted by Crippen LogP contribution is 2.33. The summed E-state index contributed by atoms with van der Waals surface area (Å²) in [5, 5.41) is 5.60. The van der Waals surface area contributed by atoms with Crippen LogP contribution < -0.4 is 4.74 Å². The van der Waals surface area contributed by atoms with Crippen molar-refractivity contribution in [1.82, 2.24) is 14.8 Å². The molecule has 0 radical (unpaired) electrons. The molecular formula is C15H11Cl2N3O2. The first-order chi connectivity index (χ1) is 10.5. The smallest absolute Gasteiger partial charge is 0.345 e. The number of carbonyl (C=O) groups is 1. The molecule has 0 bridgehead atoms. The Labute approximate surface area is 136 Å². The van der Waals surface area contributed by atoms with Gasteiger partial charge < -0.3 is 4.74 Å². The van der Waals surface area contributed by atoms with Crippen LogP contribution in [0.15, 0.2) is 30.5 Å². The SMILES string of the molecule is Cc1nn(C)c2ncc(C(=O)Oc3c(Cl)cccc3Cl)cc12. The summed E-state index contributed by atoms with van der Waals surface area (Å²) < 4.78 is 6.95. The van der Waals surface area contributed by atoms with E-state index >= 15 is 0 Å². The van der Waals surface area contributed by atoms with E-state index in [0.29, 0.717) is 11.2 Å². The molecule has 1 aromatic carbocycles. The Bertz CT molecular complexity index is 870. The highest BCUT2D eigenvalue weighted by atomic mass is 35.5. The van der Waals surface area contributed by atoms with Crippen molar-refractivity contribution < 1.29 is 9.53 Å². The Morgan fingerprint density at radius 2 is 1.95 bits per heavy atom. The fourth-order valence-corrected chi connectivity index (χ4v) is 2.63. The molecule has 3 aromatic rings. The van der Waals surface area contributed by atoms with Gasteiger partial charge in [0.2, 0.25) is 0 Å². The zero-order valence-electron chi connectivity index (χ0n) is 11.8. The largest absolute Gasteiger partial charge is 0.420 e. The van der Waals surface area contributed by atoms with Gasteiger partial charge in [-0.3, -0.25) is 4.68 Å². The summed E-state index contributed by atoms with van der Waals surface area (Å²) in [5.74, 6) is -0.438. The molecule has 2 aromatic heterocycles. The summed E-state index contributed by atoms with van der Waals surface area (Å²) in [6.45, 7) is 1.85. The molecule has 0 aliphatic carbocycles. The first-order valence-corrected chi connectivity index (χ1v) is 7.18. The van der Waals surface area contributed by atoms with Crippen LogP contribution in [-0.4, -0.2) is 20.7 Å². The molecule has 0 amide bonds. The quantitative estimate of drug-likeness (QED) is 0.528. The van der Waals surface area contributed by atoms with Crippen LogP contribution in [0, 0.1) is 6.92 Å². The molecule has 3 rings (SSSR count). The van der Waals surface area contributed by atoms with Crippen LogP contribution in [0.4, 0.5) is 0 Å². The number of esters is 1. The van der Waals surface area contributed by atoms with Crippen LogP contribution >= 0.6 is 23.2 Å². The first kappa shape index (κ1) is 14.8. The number of pyridine rings is 1. The lowest BCUT2D eigenvalue weighted by molar-refractivity contribution is 0.0734. The van der Waals surface area contributed by atoms with Gasteiger partial charge in [-0.25, -0.2) is 9.78 Å². The third kappa shape index (κ3) is 2.53. The van der Waals surface area contributed by atoms with E-state index < -0.39 is 5.97 Å². The van der Waals surface area contributed by atoms with Crippen LogP contribution in [0.3, 0.4) is 0 Å². The maximum Gasteiger partial charge on any atom is 0.345 e.